The molecule has 0 bridgehead atoms. The molecule has 11 heteroatoms. The number of nitrogens with zero attached hydrogens (tertiary/aromatic N) is 4. The molecule has 6 aromatic rings. The number of benzene rings is 2. The second-order valence-electron chi connectivity index (χ2n) is 10.1. The molecule has 0 saturated carbocycles. The molecule has 0 spiro atoms. The van der Waals surface area contributed by atoms with Gasteiger partial charge in [0.15, 0.2) is 5.65 Å². The van der Waals surface area contributed by atoms with Gasteiger partial charge in [-0.2, -0.15) is 0 Å². The first-order valence-electron chi connectivity index (χ1n) is 13.4. The quantitative estimate of drug-likeness (QED) is 0.265. The molecule has 0 unspecified atom stereocenters. The van der Waals surface area contributed by atoms with Crippen LogP contribution in [0.15, 0.2) is 103 Å². The van der Waals surface area contributed by atoms with E-state index in [1.54, 1.807) is 61.1 Å². The molecule has 0 aliphatic heterocycles. The summed E-state index contributed by atoms with van der Waals surface area (Å²) in [5.74, 6) is -0.580. The molecule has 0 aliphatic rings. The summed E-state index contributed by atoms with van der Waals surface area (Å²) in [7, 11) is -4.02. The molecule has 0 atom stereocenters. The first-order valence-corrected chi connectivity index (χ1v) is 14.8. The fraction of sp³-hybridized carbons (Fsp3) is 0.0938. The normalized spacial score (nSPS) is 11.5. The Balaban J connectivity index is 1.48. The molecule has 6 rings (SSSR count). The predicted molar refractivity (Wildman–Crippen MR) is 164 cm³/mol. The smallest absolute Gasteiger partial charge is 0.269 e. The molecular weight excluding hydrogens is 564 g/mol. The molecule has 0 aliphatic carbocycles. The van der Waals surface area contributed by atoms with Crippen LogP contribution in [0.1, 0.15) is 28.4 Å². The first-order chi connectivity index (χ1) is 20.7. The van der Waals surface area contributed by atoms with Crippen LogP contribution in [0.2, 0.25) is 0 Å². The summed E-state index contributed by atoms with van der Waals surface area (Å²) in [6.45, 7) is 3.57. The summed E-state index contributed by atoms with van der Waals surface area (Å²) in [5, 5.41) is 6.82. The minimum Gasteiger partial charge on any atom is -0.348 e. The summed E-state index contributed by atoms with van der Waals surface area (Å²) in [6.07, 6.45) is 7.79. The Morgan fingerprint density at radius 3 is 2.49 bits per heavy atom. The van der Waals surface area contributed by atoms with Gasteiger partial charge in [-0.05, 0) is 60.5 Å². The number of rotatable bonds is 7. The van der Waals surface area contributed by atoms with Crippen LogP contribution in [0.3, 0.4) is 0 Å². The van der Waals surface area contributed by atoms with Crippen LogP contribution in [-0.2, 0) is 21.4 Å². The standard InChI is InChI=1S/C32H26N6O4S/c1-20-5-8-27(9-6-20)43(41,42)38-19-29(23-7-10-30-24(12-23)13-26(18-34-30)37-21(2)39)28-14-25(17-35-31(28)38)32(40)36-16-22-4-3-11-33-15-22/h3-15,17-19H,16H2,1-2H3,(H,36,40)(H,37,39). The van der Waals surface area contributed by atoms with E-state index in [2.05, 4.69) is 25.6 Å². The van der Waals surface area contributed by atoms with E-state index in [4.69, 9.17) is 0 Å². The fourth-order valence-electron chi connectivity index (χ4n) is 4.80. The lowest BCUT2D eigenvalue weighted by Crippen LogP contribution is -2.23. The third-order valence-electron chi connectivity index (χ3n) is 6.94. The number of fused-ring (bicyclic) bond motifs is 2. The Labute approximate surface area is 247 Å². The topological polar surface area (TPSA) is 136 Å². The van der Waals surface area contributed by atoms with Crippen molar-refractivity contribution < 1.29 is 18.0 Å². The van der Waals surface area contributed by atoms with E-state index in [1.807, 2.05) is 31.2 Å². The molecule has 4 heterocycles. The van der Waals surface area contributed by atoms with Crippen molar-refractivity contribution in [1.29, 1.82) is 0 Å². The molecule has 43 heavy (non-hydrogen) atoms. The summed E-state index contributed by atoms with van der Waals surface area (Å²) in [6, 6.07) is 19.2. The summed E-state index contributed by atoms with van der Waals surface area (Å²) in [5.41, 5.74) is 4.71. The lowest BCUT2D eigenvalue weighted by molar-refractivity contribution is -0.114. The number of nitrogens with one attached hydrogen (secondary N) is 2. The Morgan fingerprint density at radius 2 is 1.74 bits per heavy atom. The number of amides is 2. The number of carbonyl (C=O) groups is 2. The van der Waals surface area contributed by atoms with Gasteiger partial charge in [-0.3, -0.25) is 19.6 Å². The van der Waals surface area contributed by atoms with E-state index in [1.165, 1.54) is 19.3 Å². The van der Waals surface area contributed by atoms with Gasteiger partial charge in [0.2, 0.25) is 5.91 Å². The molecule has 2 amide bonds. The van der Waals surface area contributed by atoms with E-state index < -0.39 is 10.0 Å². The number of pyridine rings is 3. The van der Waals surface area contributed by atoms with Gasteiger partial charge in [-0.15, -0.1) is 0 Å². The van der Waals surface area contributed by atoms with Crippen LogP contribution in [0.5, 0.6) is 0 Å². The highest BCUT2D eigenvalue weighted by Gasteiger charge is 2.24. The van der Waals surface area contributed by atoms with Crippen molar-refractivity contribution in [2.45, 2.75) is 25.3 Å². The molecule has 2 aromatic carbocycles. The van der Waals surface area contributed by atoms with Crippen LogP contribution < -0.4 is 10.6 Å². The van der Waals surface area contributed by atoms with Gasteiger partial charge in [-0.1, -0.05) is 29.8 Å². The van der Waals surface area contributed by atoms with Crippen LogP contribution in [0.25, 0.3) is 33.1 Å². The molecular formula is C32H26N6O4S. The third-order valence-corrected chi connectivity index (χ3v) is 8.60. The number of hydrogen-bond acceptors (Lipinski definition) is 7. The van der Waals surface area contributed by atoms with Gasteiger partial charge in [0.25, 0.3) is 15.9 Å². The highest BCUT2D eigenvalue weighted by molar-refractivity contribution is 7.90. The van der Waals surface area contributed by atoms with Gasteiger partial charge in [0.1, 0.15) is 0 Å². The molecule has 4 aromatic heterocycles. The largest absolute Gasteiger partial charge is 0.348 e. The van der Waals surface area contributed by atoms with Gasteiger partial charge < -0.3 is 10.6 Å². The summed E-state index contributed by atoms with van der Waals surface area (Å²) < 4.78 is 28.8. The number of anilines is 1. The minimum absolute atomic E-state index is 0.115. The maximum absolute atomic E-state index is 13.8. The lowest BCUT2D eigenvalue weighted by Gasteiger charge is -2.08. The second kappa shape index (κ2) is 11.1. The first kappa shape index (κ1) is 27.7. The van der Waals surface area contributed by atoms with Crippen molar-refractivity contribution in [2.24, 2.45) is 0 Å². The Morgan fingerprint density at radius 1 is 0.930 bits per heavy atom. The number of carbonyl (C=O) groups excluding carboxylic acids is 2. The monoisotopic (exact) mass is 590 g/mol. The van der Waals surface area contributed by atoms with Crippen molar-refractivity contribution in [3.05, 3.63) is 114 Å². The highest BCUT2D eigenvalue weighted by Crippen LogP contribution is 2.34. The van der Waals surface area contributed by atoms with Crippen molar-refractivity contribution in [3.8, 4) is 11.1 Å². The van der Waals surface area contributed by atoms with Gasteiger partial charge in [0.05, 0.1) is 27.9 Å². The molecule has 0 fully saturated rings. The SMILES string of the molecule is CC(=O)Nc1cnc2ccc(-c3cn(S(=O)(=O)c4ccc(C)cc4)c4ncc(C(=O)NCc5cccnc5)cc34)cc2c1. The van der Waals surface area contributed by atoms with Crippen molar-refractivity contribution >= 4 is 49.5 Å². The molecule has 214 valence electrons. The van der Waals surface area contributed by atoms with Crippen LogP contribution in [-0.4, -0.2) is 39.2 Å². The van der Waals surface area contributed by atoms with Crippen LogP contribution in [0.4, 0.5) is 5.69 Å². The van der Waals surface area contributed by atoms with Gasteiger partial charge >= 0.3 is 0 Å². The van der Waals surface area contributed by atoms with E-state index in [9.17, 15) is 18.0 Å². The highest BCUT2D eigenvalue weighted by atomic mass is 32.2. The maximum Gasteiger partial charge on any atom is 0.269 e. The minimum atomic E-state index is -4.02. The number of hydrogen-bond donors (Lipinski definition) is 2. The van der Waals surface area contributed by atoms with Gasteiger partial charge in [0, 0.05) is 54.6 Å². The third kappa shape index (κ3) is 5.57. The van der Waals surface area contributed by atoms with Crippen LogP contribution >= 0.6 is 0 Å². The average molecular weight is 591 g/mol. The Hall–Kier alpha value is -5.42. The van der Waals surface area contributed by atoms with E-state index >= 15 is 0 Å². The van der Waals surface area contributed by atoms with Gasteiger partial charge in [-0.25, -0.2) is 17.4 Å². The Bertz CT molecular complexity index is 2130. The predicted octanol–water partition coefficient (Wildman–Crippen LogP) is 5.08. The molecule has 0 radical (unpaired) electrons. The van der Waals surface area contributed by atoms with Crippen LogP contribution in [0, 0.1) is 6.92 Å². The van der Waals surface area contributed by atoms with Crippen molar-refractivity contribution in [1.82, 2.24) is 24.2 Å². The summed E-state index contributed by atoms with van der Waals surface area (Å²) in [4.78, 5) is 37.8. The maximum atomic E-state index is 13.8. The van der Waals surface area contributed by atoms with E-state index in [-0.39, 0.29) is 34.5 Å². The second-order valence-corrected chi connectivity index (χ2v) is 11.9. The van der Waals surface area contributed by atoms with Crippen molar-refractivity contribution in [3.63, 3.8) is 0 Å². The average Bonchev–Trinajstić information content (AvgIpc) is 3.40. The number of aryl methyl sites for hydroxylation is 1. The zero-order chi connectivity index (χ0) is 30.1. The van der Waals surface area contributed by atoms with Crippen molar-refractivity contribution in [2.75, 3.05) is 5.32 Å². The molecule has 0 saturated heterocycles. The summed E-state index contributed by atoms with van der Waals surface area (Å²) >= 11 is 0. The number of aromatic nitrogens is 4. The zero-order valence-corrected chi connectivity index (χ0v) is 24.1. The van der Waals surface area contributed by atoms with E-state index in [0.29, 0.717) is 27.7 Å². The fourth-order valence-corrected chi connectivity index (χ4v) is 6.12. The Kier molecular flexibility index (Phi) is 7.16. The zero-order valence-electron chi connectivity index (χ0n) is 23.3. The lowest BCUT2D eigenvalue weighted by atomic mass is 10.0. The molecule has 10 nitrogen and oxygen atoms in total. The van der Waals surface area contributed by atoms with E-state index in [0.717, 1.165) is 20.5 Å². The molecule has 2 N–H and O–H groups in total.